The number of hydrogen-bond donors (Lipinski definition) is 1. The van der Waals surface area contributed by atoms with Crippen molar-refractivity contribution in [2.75, 3.05) is 25.2 Å². The highest BCUT2D eigenvalue weighted by Crippen LogP contribution is 2.32. The Morgan fingerprint density at radius 1 is 1.16 bits per heavy atom. The molecule has 0 radical (unpaired) electrons. The van der Waals surface area contributed by atoms with Gasteiger partial charge in [0.25, 0.3) is 11.6 Å². The third-order valence-corrected chi connectivity index (χ3v) is 5.25. The number of halogens is 2. The number of carbonyl (C=O) groups is 2. The van der Waals surface area contributed by atoms with Crippen LogP contribution in [-0.2, 0) is 9.53 Å². The van der Waals surface area contributed by atoms with E-state index in [4.69, 9.17) is 32.7 Å². The van der Waals surface area contributed by atoms with E-state index in [1.165, 1.54) is 30.0 Å². The number of nitrogens with one attached hydrogen (secondary N) is 1. The molecule has 166 valence electrons. The molecular weight excluding hydrogens is 467 g/mol. The van der Waals surface area contributed by atoms with Gasteiger partial charge in [0, 0.05) is 17.7 Å². The number of amides is 1. The maximum atomic E-state index is 12.5. The second-order valence-electron chi connectivity index (χ2n) is 6.18. The van der Waals surface area contributed by atoms with Crippen LogP contribution in [0.4, 0.5) is 5.69 Å². The topological polar surface area (TPSA) is 108 Å². The number of esters is 1. The Hall–Kier alpha value is -2.49. The highest BCUT2D eigenvalue weighted by molar-refractivity contribution is 7.98. The van der Waals surface area contributed by atoms with Gasteiger partial charge in [-0.2, -0.15) is 11.8 Å². The van der Waals surface area contributed by atoms with Crippen molar-refractivity contribution < 1.29 is 24.0 Å². The lowest BCUT2D eigenvalue weighted by Crippen LogP contribution is -2.42. The van der Waals surface area contributed by atoms with E-state index in [9.17, 15) is 19.7 Å². The van der Waals surface area contributed by atoms with Crippen LogP contribution in [0.2, 0.25) is 10.0 Å². The summed E-state index contributed by atoms with van der Waals surface area (Å²) in [5, 5.41) is 14.2. The van der Waals surface area contributed by atoms with Crippen LogP contribution >= 0.6 is 35.0 Å². The minimum atomic E-state index is -0.914. The number of thioether (sulfide) groups is 1. The van der Waals surface area contributed by atoms with E-state index in [-0.39, 0.29) is 24.5 Å². The average molecular weight is 487 g/mol. The highest BCUT2D eigenvalue weighted by Gasteiger charge is 2.23. The van der Waals surface area contributed by atoms with E-state index in [1.54, 1.807) is 18.2 Å². The number of non-ortho nitro benzene ring substituents is 1. The van der Waals surface area contributed by atoms with Gasteiger partial charge in [0.1, 0.15) is 19.3 Å². The van der Waals surface area contributed by atoms with Gasteiger partial charge in [-0.3, -0.25) is 14.9 Å². The number of ether oxygens (including phenoxy) is 2. The Kier molecular flexibility index (Phi) is 9.90. The zero-order valence-electron chi connectivity index (χ0n) is 16.5. The Bertz CT molecular complexity index is 923. The summed E-state index contributed by atoms with van der Waals surface area (Å²) in [4.78, 5) is 35.3. The summed E-state index contributed by atoms with van der Waals surface area (Å²) in [7, 11) is 0. The zero-order valence-corrected chi connectivity index (χ0v) is 18.8. The molecule has 0 saturated heterocycles. The number of nitro groups is 1. The molecule has 1 N–H and O–H groups in total. The standard InChI is InChI=1S/C20H20Cl2N2O6S/c1-31-11-8-17(23-19(25)13-4-2-5-14(12-13)24(27)28)20(26)30-10-9-29-18-15(21)6-3-7-16(18)22/h2-7,12,17H,8-11H2,1H3,(H,23,25)/t17-/m1/s1. The first-order chi connectivity index (χ1) is 14.8. The fraction of sp³-hybridized carbons (Fsp3) is 0.300. The molecule has 0 fully saturated rings. The molecule has 0 bridgehead atoms. The van der Waals surface area contributed by atoms with Crippen molar-refractivity contribution in [1.29, 1.82) is 0 Å². The van der Waals surface area contributed by atoms with Gasteiger partial charge in [-0.05, 0) is 36.6 Å². The molecule has 0 aliphatic rings. The Balaban J connectivity index is 1.94. The van der Waals surface area contributed by atoms with Gasteiger partial charge >= 0.3 is 5.97 Å². The molecule has 11 heteroatoms. The number of benzene rings is 2. The summed E-state index contributed by atoms with van der Waals surface area (Å²) in [6.45, 7) is -0.0634. The molecule has 0 saturated carbocycles. The lowest BCUT2D eigenvalue weighted by molar-refractivity contribution is -0.384. The van der Waals surface area contributed by atoms with Crippen LogP contribution in [0.3, 0.4) is 0 Å². The molecule has 0 heterocycles. The number of carbonyl (C=O) groups excluding carboxylic acids is 2. The van der Waals surface area contributed by atoms with E-state index in [0.29, 0.717) is 28.0 Å². The van der Waals surface area contributed by atoms with Crippen LogP contribution in [0.15, 0.2) is 42.5 Å². The molecule has 0 unspecified atom stereocenters. The maximum Gasteiger partial charge on any atom is 0.328 e. The quantitative estimate of drug-likeness (QED) is 0.217. The predicted octanol–water partition coefficient (Wildman–Crippen LogP) is 4.38. The normalized spacial score (nSPS) is 11.5. The summed E-state index contributed by atoms with van der Waals surface area (Å²) in [5.74, 6) is -0.354. The van der Waals surface area contributed by atoms with Crippen molar-refractivity contribution >= 4 is 52.5 Å². The first kappa shape index (κ1) is 24.8. The van der Waals surface area contributed by atoms with E-state index >= 15 is 0 Å². The minimum absolute atomic E-state index is 0.0171. The van der Waals surface area contributed by atoms with Gasteiger partial charge in [0.15, 0.2) is 5.75 Å². The van der Waals surface area contributed by atoms with Gasteiger partial charge in [0.05, 0.1) is 15.0 Å². The van der Waals surface area contributed by atoms with Crippen LogP contribution < -0.4 is 10.1 Å². The van der Waals surface area contributed by atoms with Crippen molar-refractivity contribution in [2.45, 2.75) is 12.5 Å². The molecule has 2 aromatic carbocycles. The molecule has 2 rings (SSSR count). The molecule has 0 aliphatic carbocycles. The van der Waals surface area contributed by atoms with E-state index in [1.807, 2.05) is 6.26 Å². The monoisotopic (exact) mass is 486 g/mol. The first-order valence-electron chi connectivity index (χ1n) is 9.11. The first-order valence-corrected chi connectivity index (χ1v) is 11.3. The molecule has 0 aliphatic heterocycles. The molecule has 31 heavy (non-hydrogen) atoms. The van der Waals surface area contributed by atoms with Gasteiger partial charge in [-0.1, -0.05) is 35.3 Å². The van der Waals surface area contributed by atoms with Crippen LogP contribution in [0, 0.1) is 10.1 Å². The second kappa shape index (κ2) is 12.4. The minimum Gasteiger partial charge on any atom is -0.487 e. The predicted molar refractivity (Wildman–Crippen MR) is 120 cm³/mol. The lowest BCUT2D eigenvalue weighted by atomic mass is 10.1. The summed E-state index contributed by atoms with van der Waals surface area (Å²) < 4.78 is 10.7. The summed E-state index contributed by atoms with van der Waals surface area (Å²) >= 11 is 13.5. The van der Waals surface area contributed by atoms with Crippen LogP contribution in [0.1, 0.15) is 16.8 Å². The maximum absolute atomic E-state index is 12.5. The molecule has 1 amide bonds. The highest BCUT2D eigenvalue weighted by atomic mass is 35.5. The number of rotatable bonds is 11. The number of nitrogens with zero attached hydrogens (tertiary/aromatic N) is 1. The molecule has 8 nitrogen and oxygen atoms in total. The van der Waals surface area contributed by atoms with Crippen LogP contribution in [0.5, 0.6) is 5.75 Å². The second-order valence-corrected chi connectivity index (χ2v) is 7.98. The molecule has 2 aromatic rings. The van der Waals surface area contributed by atoms with Crippen LogP contribution in [0.25, 0.3) is 0 Å². The Morgan fingerprint density at radius 2 is 1.84 bits per heavy atom. The molecule has 0 spiro atoms. The fourth-order valence-corrected chi connectivity index (χ4v) is 3.47. The van der Waals surface area contributed by atoms with Gasteiger partial charge in [-0.15, -0.1) is 0 Å². The van der Waals surface area contributed by atoms with E-state index in [2.05, 4.69) is 5.32 Å². The third kappa shape index (κ3) is 7.61. The van der Waals surface area contributed by atoms with E-state index < -0.39 is 22.8 Å². The summed E-state index contributed by atoms with van der Waals surface area (Å²) in [5.41, 5.74) is -0.140. The van der Waals surface area contributed by atoms with Crippen molar-refractivity contribution in [3.63, 3.8) is 0 Å². The zero-order chi connectivity index (χ0) is 22.8. The third-order valence-electron chi connectivity index (χ3n) is 4.01. The lowest BCUT2D eigenvalue weighted by Gasteiger charge is -2.18. The van der Waals surface area contributed by atoms with Crippen molar-refractivity contribution in [3.05, 3.63) is 68.2 Å². The smallest absolute Gasteiger partial charge is 0.328 e. The van der Waals surface area contributed by atoms with Crippen molar-refractivity contribution in [2.24, 2.45) is 0 Å². The van der Waals surface area contributed by atoms with Gasteiger partial charge in [0.2, 0.25) is 0 Å². The summed E-state index contributed by atoms with van der Waals surface area (Å²) in [6, 6.07) is 9.27. The molecule has 0 aromatic heterocycles. The SMILES string of the molecule is CSCC[C@@H](NC(=O)c1cccc([N+](=O)[O-])c1)C(=O)OCCOc1c(Cl)cccc1Cl. The van der Waals surface area contributed by atoms with Gasteiger partial charge < -0.3 is 14.8 Å². The molecular formula is C20H20Cl2N2O6S. The molecule has 1 atom stereocenters. The van der Waals surface area contributed by atoms with Crippen molar-refractivity contribution in [1.82, 2.24) is 5.32 Å². The Labute approximate surface area is 193 Å². The fourth-order valence-electron chi connectivity index (χ4n) is 2.49. The average Bonchev–Trinajstić information content (AvgIpc) is 2.75. The number of hydrogen-bond acceptors (Lipinski definition) is 7. The van der Waals surface area contributed by atoms with Crippen molar-refractivity contribution in [3.8, 4) is 5.75 Å². The number of para-hydroxylation sites is 1. The summed E-state index contributed by atoms with van der Waals surface area (Å²) in [6.07, 6.45) is 2.20. The number of nitro benzene ring substituents is 1. The largest absolute Gasteiger partial charge is 0.487 e. The van der Waals surface area contributed by atoms with E-state index in [0.717, 1.165) is 6.07 Å². The van der Waals surface area contributed by atoms with Gasteiger partial charge in [-0.25, -0.2) is 4.79 Å². The Morgan fingerprint density at radius 3 is 2.48 bits per heavy atom. The van der Waals surface area contributed by atoms with Crippen LogP contribution in [-0.4, -0.2) is 48.1 Å².